The summed E-state index contributed by atoms with van der Waals surface area (Å²) in [5.74, 6) is -2.29. The zero-order valence-corrected chi connectivity index (χ0v) is 16.7. The van der Waals surface area contributed by atoms with Crippen LogP contribution in [-0.2, 0) is 9.59 Å². The van der Waals surface area contributed by atoms with Crippen molar-refractivity contribution in [1.29, 1.82) is 0 Å². The molecule has 0 spiro atoms. The maximum absolute atomic E-state index is 14.0. The smallest absolute Gasteiger partial charge is 0.382 e. The van der Waals surface area contributed by atoms with E-state index in [4.69, 9.17) is 0 Å². The fraction of sp³-hybridized carbons (Fsp3) is 0.818. The molecular weight excluding hydrogens is 369 g/mol. The Hall–Kier alpha value is -1.17. The Bertz CT molecular complexity index is 757. The molecule has 3 fully saturated rings. The van der Waals surface area contributed by atoms with Crippen molar-refractivity contribution in [3.8, 4) is 0 Å². The summed E-state index contributed by atoms with van der Waals surface area (Å²) in [5, 5.41) is 11.1. The van der Waals surface area contributed by atoms with Gasteiger partial charge in [-0.05, 0) is 80.3 Å². The van der Waals surface area contributed by atoms with Crippen molar-refractivity contribution < 1.29 is 27.9 Å². The Kier molecular flexibility index (Phi) is 4.26. The fourth-order valence-corrected chi connectivity index (χ4v) is 7.55. The van der Waals surface area contributed by atoms with Gasteiger partial charge in [-0.1, -0.05) is 13.8 Å². The number of halogens is 3. The molecule has 6 heteroatoms. The van der Waals surface area contributed by atoms with E-state index in [9.17, 15) is 27.9 Å². The van der Waals surface area contributed by atoms with Crippen LogP contribution in [0.4, 0.5) is 13.2 Å². The topological polar surface area (TPSA) is 54.4 Å². The van der Waals surface area contributed by atoms with E-state index in [0.29, 0.717) is 38.5 Å². The third kappa shape index (κ3) is 2.45. The molecular formula is C22H29F3O3. The molecule has 3 nitrogen and oxygen atoms in total. The highest BCUT2D eigenvalue weighted by Gasteiger charge is 2.67. The van der Waals surface area contributed by atoms with Gasteiger partial charge in [-0.3, -0.25) is 9.59 Å². The Labute approximate surface area is 163 Å². The van der Waals surface area contributed by atoms with E-state index >= 15 is 0 Å². The number of Topliss-reactive ketones (excluding diaryl/α,β-unsaturated/α-hetero) is 1. The summed E-state index contributed by atoms with van der Waals surface area (Å²) < 4.78 is 42.1. The van der Waals surface area contributed by atoms with Gasteiger partial charge in [0.2, 0.25) is 0 Å². The maximum Gasteiger partial charge on any atom is 0.395 e. The van der Waals surface area contributed by atoms with E-state index < -0.39 is 28.5 Å². The molecule has 7 atom stereocenters. The summed E-state index contributed by atoms with van der Waals surface area (Å²) in [4.78, 5) is 24.2. The van der Waals surface area contributed by atoms with Crippen LogP contribution in [0, 0.1) is 34.5 Å². The second-order valence-electron chi connectivity index (χ2n) is 10.1. The second kappa shape index (κ2) is 5.93. The Morgan fingerprint density at radius 3 is 2.39 bits per heavy atom. The van der Waals surface area contributed by atoms with Crippen molar-refractivity contribution in [2.24, 2.45) is 34.5 Å². The van der Waals surface area contributed by atoms with Gasteiger partial charge in [0, 0.05) is 11.8 Å². The van der Waals surface area contributed by atoms with Crippen LogP contribution in [0.5, 0.6) is 0 Å². The van der Waals surface area contributed by atoms with Crippen molar-refractivity contribution in [2.45, 2.75) is 77.5 Å². The third-order valence-corrected chi connectivity index (χ3v) is 9.13. The van der Waals surface area contributed by atoms with Crippen LogP contribution in [0.2, 0.25) is 0 Å². The molecule has 0 aromatic rings. The fourth-order valence-electron chi connectivity index (χ4n) is 7.55. The van der Waals surface area contributed by atoms with Gasteiger partial charge in [0.25, 0.3) is 0 Å². The number of alkyl halides is 3. The lowest BCUT2D eigenvalue weighted by molar-refractivity contribution is -0.200. The molecule has 3 saturated carbocycles. The number of ketones is 2. The summed E-state index contributed by atoms with van der Waals surface area (Å²) >= 11 is 0. The number of hydrogen-bond donors (Lipinski definition) is 1. The summed E-state index contributed by atoms with van der Waals surface area (Å²) in [6.45, 7) is 5.21. The summed E-state index contributed by atoms with van der Waals surface area (Å²) in [6, 6.07) is 0. The predicted octanol–water partition coefficient (Wildman–Crippen LogP) is 4.63. The zero-order chi connectivity index (χ0) is 20.7. The van der Waals surface area contributed by atoms with E-state index in [0.717, 1.165) is 0 Å². The third-order valence-electron chi connectivity index (χ3n) is 9.13. The Balaban J connectivity index is 1.79. The molecule has 0 bridgehead atoms. The van der Waals surface area contributed by atoms with Crippen molar-refractivity contribution in [2.75, 3.05) is 0 Å². The van der Waals surface area contributed by atoms with Crippen molar-refractivity contribution in [3.05, 3.63) is 11.6 Å². The van der Waals surface area contributed by atoms with Crippen LogP contribution < -0.4 is 0 Å². The highest BCUT2D eigenvalue weighted by molar-refractivity contribution is 5.92. The number of allylic oxidation sites excluding steroid dienone is 1. The summed E-state index contributed by atoms with van der Waals surface area (Å²) in [6.07, 6.45) is -0.114. The first kappa shape index (κ1) is 20.1. The first-order chi connectivity index (χ1) is 12.8. The molecule has 0 heterocycles. The highest BCUT2D eigenvalue weighted by atomic mass is 19.4. The molecule has 0 aliphatic heterocycles. The van der Waals surface area contributed by atoms with E-state index in [2.05, 4.69) is 0 Å². The van der Waals surface area contributed by atoms with Crippen LogP contribution in [0.15, 0.2) is 11.6 Å². The molecule has 0 radical (unpaired) electrons. The van der Waals surface area contributed by atoms with Gasteiger partial charge < -0.3 is 5.11 Å². The lowest BCUT2D eigenvalue weighted by Gasteiger charge is -2.60. The predicted molar refractivity (Wildman–Crippen MR) is 97.3 cm³/mol. The molecule has 0 amide bonds. The average molecular weight is 398 g/mol. The van der Waals surface area contributed by atoms with Gasteiger partial charge in [0.1, 0.15) is 5.60 Å². The standard InChI is InChI=1S/C22H29F3O3/c1-12(26)21(28)9-6-16-14-11-18(22(23,24)25)17-10-13(27)4-7-19(17,2)15(14)5-8-20(16,21)3/h10,14-16,18,28H,4-9,11H2,1-3H3/t14?,15?,16?,18-,19+,20-,21+/m0/s1. The molecule has 156 valence electrons. The molecule has 4 rings (SSSR count). The molecule has 28 heavy (non-hydrogen) atoms. The van der Waals surface area contributed by atoms with E-state index in [1.807, 2.05) is 13.8 Å². The molecule has 4 aliphatic rings. The van der Waals surface area contributed by atoms with Crippen LogP contribution in [0.3, 0.4) is 0 Å². The molecule has 1 N–H and O–H groups in total. The van der Waals surface area contributed by atoms with Gasteiger partial charge in [0.05, 0.1) is 5.92 Å². The minimum absolute atomic E-state index is 0.0306. The lowest BCUT2D eigenvalue weighted by atomic mass is 9.44. The van der Waals surface area contributed by atoms with Crippen molar-refractivity contribution >= 4 is 11.6 Å². The summed E-state index contributed by atoms with van der Waals surface area (Å²) in [5.41, 5.74) is -2.45. The molecule has 0 aromatic carbocycles. The monoisotopic (exact) mass is 398 g/mol. The van der Waals surface area contributed by atoms with Crippen LogP contribution in [-0.4, -0.2) is 28.5 Å². The zero-order valence-electron chi connectivity index (χ0n) is 16.7. The van der Waals surface area contributed by atoms with E-state index in [-0.39, 0.29) is 41.3 Å². The normalized spacial score (nSPS) is 48.4. The molecule has 0 aromatic heterocycles. The first-order valence-corrected chi connectivity index (χ1v) is 10.4. The number of rotatable bonds is 1. The van der Waals surface area contributed by atoms with Crippen LogP contribution in [0.25, 0.3) is 0 Å². The summed E-state index contributed by atoms with van der Waals surface area (Å²) in [7, 11) is 0. The SMILES string of the molecule is CC(=O)[C@]1(O)CCC2C3C[C@H](C(F)(F)F)C4=CC(=O)CC[C@]4(C)C3CC[C@@]21C. The van der Waals surface area contributed by atoms with Gasteiger partial charge in [-0.15, -0.1) is 0 Å². The molecule has 0 saturated heterocycles. The van der Waals surface area contributed by atoms with Gasteiger partial charge >= 0.3 is 6.18 Å². The van der Waals surface area contributed by atoms with Crippen LogP contribution in [0.1, 0.15) is 65.7 Å². The molecule has 4 aliphatic carbocycles. The minimum atomic E-state index is -4.39. The quantitative estimate of drug-likeness (QED) is 0.701. The number of carbonyl (C=O) groups is 2. The van der Waals surface area contributed by atoms with E-state index in [1.54, 1.807) is 0 Å². The van der Waals surface area contributed by atoms with Gasteiger partial charge in [0.15, 0.2) is 11.6 Å². The highest BCUT2D eigenvalue weighted by Crippen LogP contribution is 2.69. The van der Waals surface area contributed by atoms with Crippen molar-refractivity contribution in [1.82, 2.24) is 0 Å². The average Bonchev–Trinajstić information content (AvgIpc) is 2.87. The largest absolute Gasteiger partial charge is 0.395 e. The first-order valence-electron chi connectivity index (χ1n) is 10.4. The van der Waals surface area contributed by atoms with E-state index in [1.165, 1.54) is 13.0 Å². The Morgan fingerprint density at radius 1 is 1.14 bits per heavy atom. The Morgan fingerprint density at radius 2 is 1.79 bits per heavy atom. The van der Waals surface area contributed by atoms with Gasteiger partial charge in [-0.25, -0.2) is 0 Å². The number of hydrogen-bond acceptors (Lipinski definition) is 3. The maximum atomic E-state index is 14.0. The molecule has 3 unspecified atom stereocenters. The number of carbonyl (C=O) groups excluding carboxylic acids is 2. The number of fused-ring (bicyclic) bond motifs is 5. The number of aliphatic hydroxyl groups is 1. The van der Waals surface area contributed by atoms with Crippen molar-refractivity contribution in [3.63, 3.8) is 0 Å². The van der Waals surface area contributed by atoms with Gasteiger partial charge in [-0.2, -0.15) is 13.2 Å². The minimum Gasteiger partial charge on any atom is -0.382 e. The second-order valence-corrected chi connectivity index (χ2v) is 10.1. The van der Waals surface area contributed by atoms with Crippen LogP contribution >= 0.6 is 0 Å². The lowest BCUT2D eigenvalue weighted by Crippen LogP contribution is -2.58.